The Labute approximate surface area is 170 Å². The third kappa shape index (κ3) is 5.01. The minimum Gasteiger partial charge on any atom is -0.508 e. The first-order chi connectivity index (χ1) is 14.0. The van der Waals surface area contributed by atoms with Crippen LogP contribution in [0.3, 0.4) is 0 Å². The van der Waals surface area contributed by atoms with Crippen molar-refractivity contribution in [1.82, 2.24) is 0 Å². The van der Waals surface area contributed by atoms with Gasteiger partial charge in [-0.3, -0.25) is 4.55 Å². The van der Waals surface area contributed by atoms with Crippen LogP contribution in [0, 0.1) is 11.3 Å². The molecule has 0 saturated carbocycles. The van der Waals surface area contributed by atoms with E-state index in [1.54, 1.807) is 6.07 Å². The molecule has 0 aliphatic rings. The number of rotatable bonds is 6. The molecule has 0 saturated heterocycles. The maximum absolute atomic E-state index is 12.7. The number of ether oxygens (including phenoxy) is 1. The fourth-order valence-corrected chi connectivity index (χ4v) is 3.46. The van der Waals surface area contributed by atoms with Crippen molar-refractivity contribution in [3.63, 3.8) is 0 Å². The van der Waals surface area contributed by atoms with Crippen molar-refractivity contribution in [3.8, 4) is 11.8 Å². The fourth-order valence-electron chi connectivity index (χ4n) is 2.71. The van der Waals surface area contributed by atoms with Gasteiger partial charge in [-0.2, -0.15) is 40.0 Å². The Morgan fingerprint density at radius 3 is 2.06 bits per heavy atom. The normalized spacial score (nSPS) is 13.4. The molecular weight excluding hydrogens is 460 g/mol. The fraction of sp³-hybridized carbons (Fsp3) is 0.353. The number of phenolic OH excluding ortho intramolecular Hbond substituents is 1. The third-order valence-corrected chi connectivity index (χ3v) is 5.18. The predicted octanol–water partition coefficient (Wildman–Crippen LogP) is 3.43. The largest absolute Gasteiger partial charge is 0.508 e. The number of hydrogen-bond donors (Lipinski definition) is 3. The maximum Gasteiger partial charge on any atom is 0.426 e. The molecule has 14 heteroatoms. The highest BCUT2D eigenvalue weighted by Crippen LogP contribution is 2.45. The van der Waals surface area contributed by atoms with Gasteiger partial charge in [-0.15, -0.1) is 0 Å². The molecule has 0 amide bonds. The summed E-state index contributed by atoms with van der Waals surface area (Å²) >= 11 is 0. The summed E-state index contributed by atoms with van der Waals surface area (Å²) in [6.07, 6.45) is -13.9. The van der Waals surface area contributed by atoms with Crippen molar-refractivity contribution in [1.29, 1.82) is 5.26 Å². The van der Waals surface area contributed by atoms with E-state index >= 15 is 0 Å². The van der Waals surface area contributed by atoms with Crippen LogP contribution in [-0.4, -0.2) is 47.7 Å². The lowest BCUT2D eigenvalue weighted by atomic mass is 9.99. The van der Waals surface area contributed by atoms with Crippen molar-refractivity contribution < 1.29 is 54.3 Å². The van der Waals surface area contributed by atoms with E-state index in [0.717, 1.165) is 24.3 Å². The molecule has 2 aromatic carbocycles. The minimum atomic E-state index is -6.01. The Hall–Kier alpha value is -2.60. The van der Waals surface area contributed by atoms with E-state index in [1.165, 1.54) is 0 Å². The third-order valence-electron chi connectivity index (χ3n) is 4.29. The van der Waals surface area contributed by atoms with Gasteiger partial charge in [0.1, 0.15) is 10.6 Å². The molecule has 0 bridgehead atoms. The maximum atomic E-state index is 12.7. The SMILES string of the molecule is N#Cc1cc(O)cc2c(S(=O)(=O)O)cc(COCCC(O)(C(F)(F)F)C(F)(F)F)cc12. The lowest BCUT2D eigenvalue weighted by molar-refractivity contribution is -0.371. The predicted molar refractivity (Wildman–Crippen MR) is 91.5 cm³/mol. The Morgan fingerprint density at radius 2 is 1.58 bits per heavy atom. The number of hydrogen-bond acceptors (Lipinski definition) is 6. The lowest BCUT2D eigenvalue weighted by Crippen LogP contribution is -2.57. The minimum absolute atomic E-state index is 0.0730. The molecule has 7 nitrogen and oxygen atoms in total. The highest BCUT2D eigenvalue weighted by Gasteiger charge is 2.69. The second-order valence-electron chi connectivity index (χ2n) is 6.43. The molecule has 0 heterocycles. The van der Waals surface area contributed by atoms with E-state index in [0.29, 0.717) is 0 Å². The van der Waals surface area contributed by atoms with Crippen LogP contribution in [-0.2, 0) is 21.5 Å². The Balaban J connectivity index is 2.35. The number of aromatic hydroxyl groups is 1. The zero-order chi connectivity index (χ0) is 23.8. The van der Waals surface area contributed by atoms with Gasteiger partial charge >= 0.3 is 12.4 Å². The van der Waals surface area contributed by atoms with Gasteiger partial charge in [0.05, 0.1) is 24.8 Å². The Kier molecular flexibility index (Phi) is 6.49. The molecule has 0 radical (unpaired) electrons. The van der Waals surface area contributed by atoms with E-state index in [1.807, 2.05) is 0 Å². The summed E-state index contributed by atoms with van der Waals surface area (Å²) in [5.41, 5.74) is -5.34. The van der Waals surface area contributed by atoms with Gasteiger partial charge in [0.2, 0.25) is 0 Å². The molecular formula is C17H13F6NO6S. The highest BCUT2D eigenvalue weighted by molar-refractivity contribution is 7.86. The van der Waals surface area contributed by atoms with E-state index in [2.05, 4.69) is 0 Å². The van der Waals surface area contributed by atoms with Crippen molar-refractivity contribution in [3.05, 3.63) is 35.4 Å². The van der Waals surface area contributed by atoms with Crippen molar-refractivity contribution in [2.75, 3.05) is 6.61 Å². The average molecular weight is 473 g/mol. The molecule has 0 aliphatic heterocycles. The Morgan fingerprint density at radius 1 is 1.00 bits per heavy atom. The van der Waals surface area contributed by atoms with E-state index in [9.17, 15) is 44.4 Å². The van der Waals surface area contributed by atoms with Gasteiger partial charge in [0, 0.05) is 17.2 Å². The van der Waals surface area contributed by atoms with Crippen LogP contribution in [0.1, 0.15) is 17.5 Å². The van der Waals surface area contributed by atoms with E-state index < -0.39 is 58.4 Å². The van der Waals surface area contributed by atoms with Crippen LogP contribution in [0.15, 0.2) is 29.2 Å². The standard InChI is InChI=1S/C17H13F6NO6S/c18-16(19,20)15(26,17(21,22)23)1-2-30-8-9-3-12-10(7-24)5-11(25)6-13(12)14(4-9)31(27,28)29/h3-6,25-26H,1-2,8H2,(H,27,28,29). The molecule has 0 aromatic heterocycles. The first-order valence-electron chi connectivity index (χ1n) is 8.12. The number of nitriles is 1. The van der Waals surface area contributed by atoms with Gasteiger partial charge in [-0.05, 0) is 29.8 Å². The van der Waals surface area contributed by atoms with Crippen molar-refractivity contribution in [2.24, 2.45) is 0 Å². The first kappa shape index (κ1) is 24.7. The number of benzene rings is 2. The van der Waals surface area contributed by atoms with E-state index in [4.69, 9.17) is 15.1 Å². The van der Waals surface area contributed by atoms with Gasteiger partial charge in [0.15, 0.2) is 0 Å². The van der Waals surface area contributed by atoms with Crippen LogP contribution in [0.2, 0.25) is 0 Å². The highest BCUT2D eigenvalue weighted by atomic mass is 32.2. The number of alkyl halides is 6. The number of nitrogens with zero attached hydrogens (tertiary/aromatic N) is 1. The molecule has 0 spiro atoms. The molecule has 2 aromatic rings. The number of halogens is 6. The zero-order valence-corrected chi connectivity index (χ0v) is 15.9. The molecule has 2 rings (SSSR count). The first-order valence-corrected chi connectivity index (χ1v) is 9.56. The van der Waals surface area contributed by atoms with Crippen LogP contribution in [0.5, 0.6) is 5.75 Å². The summed E-state index contributed by atoms with van der Waals surface area (Å²) in [7, 11) is -4.90. The average Bonchev–Trinajstić information content (AvgIpc) is 2.61. The smallest absolute Gasteiger partial charge is 0.426 e. The van der Waals surface area contributed by atoms with Gasteiger partial charge in [-0.25, -0.2) is 0 Å². The van der Waals surface area contributed by atoms with Gasteiger partial charge < -0.3 is 14.9 Å². The number of aliphatic hydroxyl groups is 1. The molecule has 0 aliphatic carbocycles. The van der Waals surface area contributed by atoms with Crippen LogP contribution in [0.25, 0.3) is 10.8 Å². The van der Waals surface area contributed by atoms with Crippen LogP contribution in [0.4, 0.5) is 26.3 Å². The summed E-state index contributed by atoms with van der Waals surface area (Å²) in [6.45, 7) is -1.93. The number of fused-ring (bicyclic) bond motifs is 1. The van der Waals surface area contributed by atoms with Crippen LogP contribution >= 0.6 is 0 Å². The lowest BCUT2D eigenvalue weighted by Gasteiger charge is -2.32. The molecule has 3 N–H and O–H groups in total. The quantitative estimate of drug-likeness (QED) is 0.333. The molecule has 170 valence electrons. The van der Waals surface area contributed by atoms with Crippen LogP contribution < -0.4 is 0 Å². The summed E-state index contributed by atoms with van der Waals surface area (Å²) in [6, 6.07) is 5.57. The van der Waals surface area contributed by atoms with E-state index in [-0.39, 0.29) is 21.9 Å². The molecule has 31 heavy (non-hydrogen) atoms. The van der Waals surface area contributed by atoms with Crippen molar-refractivity contribution >= 4 is 20.9 Å². The summed E-state index contributed by atoms with van der Waals surface area (Å²) in [5.74, 6) is -0.489. The topological polar surface area (TPSA) is 128 Å². The second kappa shape index (κ2) is 8.15. The molecule has 0 fully saturated rings. The summed E-state index contributed by atoms with van der Waals surface area (Å²) < 4.78 is 113. The summed E-state index contributed by atoms with van der Waals surface area (Å²) in [4.78, 5) is -0.766. The second-order valence-corrected chi connectivity index (χ2v) is 7.82. The summed E-state index contributed by atoms with van der Waals surface area (Å²) in [5, 5.41) is 27.5. The molecule has 0 unspecified atom stereocenters. The zero-order valence-electron chi connectivity index (χ0n) is 15.1. The number of phenols is 1. The van der Waals surface area contributed by atoms with Gasteiger partial charge in [0.25, 0.3) is 15.7 Å². The molecule has 0 atom stereocenters. The van der Waals surface area contributed by atoms with Gasteiger partial charge in [-0.1, -0.05) is 0 Å². The van der Waals surface area contributed by atoms with Crippen molar-refractivity contribution in [2.45, 2.75) is 35.9 Å². The monoisotopic (exact) mass is 473 g/mol. The Bertz CT molecular complexity index is 1120.